The van der Waals surface area contributed by atoms with E-state index in [9.17, 15) is 23.1 Å². The minimum atomic E-state index is -3.89. The molecule has 2 rings (SSSR count). The number of rotatable bonds is 5. The van der Waals surface area contributed by atoms with E-state index < -0.39 is 27.9 Å². The fourth-order valence-electron chi connectivity index (χ4n) is 2.12. The maximum Gasteiger partial charge on any atom is 0.337 e. The van der Waals surface area contributed by atoms with E-state index in [4.69, 9.17) is 0 Å². The molecule has 0 bridgehead atoms. The molecule has 0 fully saturated rings. The fraction of sp³-hybridized carbons (Fsp3) is 0.312. The first-order valence-electron chi connectivity index (χ1n) is 7.82. The Morgan fingerprint density at radius 3 is 2.14 bits per heavy atom. The van der Waals surface area contributed by atoms with Crippen LogP contribution in [0.4, 0.5) is 15.6 Å². The standard InChI is InChI=1S/C16H20N4O6S2/c1-18(2)28(24,25)14-12(21)17-15(27-14)20(4)16(23)19(3)11-8-6-10(7-9-11)13(22)26-5/h6-9,21H,1-5H3. The maximum absolute atomic E-state index is 12.7. The molecule has 28 heavy (non-hydrogen) atoms. The summed E-state index contributed by atoms with van der Waals surface area (Å²) in [7, 11) is 2.96. The van der Waals surface area contributed by atoms with Crippen LogP contribution in [0.15, 0.2) is 28.5 Å². The van der Waals surface area contributed by atoms with Gasteiger partial charge in [-0.25, -0.2) is 22.3 Å². The van der Waals surface area contributed by atoms with E-state index in [0.29, 0.717) is 22.6 Å². The second-order valence-electron chi connectivity index (χ2n) is 5.83. The molecule has 0 aliphatic rings. The number of esters is 1. The van der Waals surface area contributed by atoms with Crippen molar-refractivity contribution in [3.05, 3.63) is 29.8 Å². The van der Waals surface area contributed by atoms with Crippen LogP contribution in [0.5, 0.6) is 5.88 Å². The molecule has 2 amide bonds. The van der Waals surface area contributed by atoms with Crippen molar-refractivity contribution in [3.8, 4) is 5.88 Å². The number of sulfonamides is 1. The lowest BCUT2D eigenvalue weighted by Gasteiger charge is -2.23. The predicted molar refractivity (Wildman–Crippen MR) is 105 cm³/mol. The van der Waals surface area contributed by atoms with Crippen LogP contribution in [0.2, 0.25) is 0 Å². The number of urea groups is 1. The summed E-state index contributed by atoms with van der Waals surface area (Å²) in [4.78, 5) is 30.4. The van der Waals surface area contributed by atoms with E-state index in [2.05, 4.69) is 9.72 Å². The summed E-state index contributed by atoms with van der Waals surface area (Å²) < 4.78 is 29.6. The minimum Gasteiger partial charge on any atom is -0.492 e. The van der Waals surface area contributed by atoms with E-state index in [0.717, 1.165) is 9.21 Å². The Morgan fingerprint density at radius 2 is 1.64 bits per heavy atom. The average molecular weight is 428 g/mol. The Bertz CT molecular complexity index is 985. The van der Waals surface area contributed by atoms with Crippen LogP contribution in [0.25, 0.3) is 0 Å². The Balaban J connectivity index is 2.26. The Kier molecular flexibility index (Phi) is 6.27. The number of methoxy groups -OCH3 is 1. The van der Waals surface area contributed by atoms with Crippen molar-refractivity contribution in [1.82, 2.24) is 9.29 Å². The highest BCUT2D eigenvalue weighted by Gasteiger charge is 2.29. The molecule has 2 aromatic rings. The van der Waals surface area contributed by atoms with Gasteiger partial charge in [0.15, 0.2) is 5.13 Å². The third kappa shape index (κ3) is 4.08. The molecule has 1 heterocycles. The van der Waals surface area contributed by atoms with Gasteiger partial charge in [0.05, 0.1) is 12.7 Å². The lowest BCUT2D eigenvalue weighted by atomic mass is 10.2. The average Bonchev–Trinajstić information content (AvgIpc) is 3.08. The van der Waals surface area contributed by atoms with Crippen molar-refractivity contribution >= 4 is 44.2 Å². The first kappa shape index (κ1) is 21.6. The monoisotopic (exact) mass is 428 g/mol. The molecule has 0 atom stereocenters. The molecule has 152 valence electrons. The SMILES string of the molecule is COC(=O)c1ccc(N(C)C(=O)N(C)c2nc(O)c(S(=O)(=O)N(C)C)s2)cc1. The molecule has 1 N–H and O–H groups in total. The summed E-state index contributed by atoms with van der Waals surface area (Å²) in [6.07, 6.45) is 0. The van der Waals surface area contributed by atoms with Crippen molar-refractivity contribution < 1.29 is 27.9 Å². The van der Waals surface area contributed by atoms with Crippen molar-refractivity contribution in [1.29, 1.82) is 0 Å². The number of hydrogen-bond donors (Lipinski definition) is 1. The normalized spacial score (nSPS) is 11.4. The van der Waals surface area contributed by atoms with Gasteiger partial charge in [0.1, 0.15) is 0 Å². The van der Waals surface area contributed by atoms with Gasteiger partial charge in [-0.05, 0) is 24.3 Å². The molecule has 0 unspecified atom stereocenters. The highest BCUT2D eigenvalue weighted by Crippen LogP contribution is 2.35. The highest BCUT2D eigenvalue weighted by molar-refractivity contribution is 7.91. The number of aromatic nitrogens is 1. The van der Waals surface area contributed by atoms with Crippen molar-refractivity contribution in [2.45, 2.75) is 4.21 Å². The van der Waals surface area contributed by atoms with Crippen LogP contribution in [-0.4, -0.2) is 70.1 Å². The van der Waals surface area contributed by atoms with E-state index in [1.807, 2.05) is 0 Å². The minimum absolute atomic E-state index is 0.0148. The summed E-state index contributed by atoms with van der Waals surface area (Å²) in [5.74, 6) is -1.16. The lowest BCUT2D eigenvalue weighted by Crippen LogP contribution is -2.38. The number of aromatic hydroxyl groups is 1. The first-order valence-corrected chi connectivity index (χ1v) is 10.1. The van der Waals surface area contributed by atoms with E-state index in [1.165, 1.54) is 52.3 Å². The summed E-state index contributed by atoms with van der Waals surface area (Å²) in [5, 5.41) is 9.92. The molecule has 0 saturated carbocycles. The molecule has 1 aromatic heterocycles. The quantitative estimate of drug-likeness (QED) is 0.718. The van der Waals surface area contributed by atoms with Crippen LogP contribution in [0.3, 0.4) is 0 Å². The van der Waals surface area contributed by atoms with Crippen molar-refractivity contribution in [2.24, 2.45) is 0 Å². The zero-order chi connectivity index (χ0) is 21.2. The molecule has 0 aliphatic heterocycles. The maximum atomic E-state index is 12.7. The van der Waals surface area contributed by atoms with Gasteiger partial charge >= 0.3 is 12.0 Å². The Morgan fingerprint density at radius 1 is 1.07 bits per heavy atom. The number of hydrogen-bond acceptors (Lipinski definition) is 8. The fourth-order valence-corrected chi connectivity index (χ4v) is 4.47. The number of thiazole rings is 1. The van der Waals surface area contributed by atoms with Gasteiger partial charge in [-0.1, -0.05) is 11.3 Å². The van der Waals surface area contributed by atoms with Crippen LogP contribution >= 0.6 is 11.3 Å². The molecular formula is C16H20N4O6S2. The summed E-state index contributed by atoms with van der Waals surface area (Å²) in [6, 6.07) is 5.65. The molecule has 10 nitrogen and oxygen atoms in total. The topological polar surface area (TPSA) is 120 Å². The zero-order valence-corrected chi connectivity index (χ0v) is 17.5. The summed E-state index contributed by atoms with van der Waals surface area (Å²) in [5.41, 5.74) is 0.829. The van der Waals surface area contributed by atoms with Gasteiger partial charge < -0.3 is 9.84 Å². The molecule has 0 aliphatic carbocycles. The molecule has 1 aromatic carbocycles. The largest absolute Gasteiger partial charge is 0.492 e. The molecule has 12 heteroatoms. The van der Waals surface area contributed by atoms with Crippen molar-refractivity contribution in [2.75, 3.05) is 45.1 Å². The van der Waals surface area contributed by atoms with E-state index in [1.54, 1.807) is 12.1 Å². The zero-order valence-electron chi connectivity index (χ0n) is 15.9. The second kappa shape index (κ2) is 8.12. The van der Waals surface area contributed by atoms with Crippen LogP contribution < -0.4 is 9.80 Å². The molecule has 0 spiro atoms. The number of carbonyl (C=O) groups excluding carboxylic acids is 2. The summed E-state index contributed by atoms with van der Waals surface area (Å²) in [6.45, 7) is 0. The molecule has 0 saturated heterocycles. The van der Waals surface area contributed by atoms with E-state index >= 15 is 0 Å². The van der Waals surface area contributed by atoms with Crippen LogP contribution in [-0.2, 0) is 14.8 Å². The van der Waals surface area contributed by atoms with Crippen LogP contribution in [0.1, 0.15) is 10.4 Å². The van der Waals surface area contributed by atoms with E-state index in [-0.39, 0.29) is 9.34 Å². The Hall–Kier alpha value is -2.70. The van der Waals surface area contributed by atoms with Gasteiger partial charge in [-0.15, -0.1) is 0 Å². The van der Waals surface area contributed by atoms with Gasteiger partial charge in [-0.3, -0.25) is 9.80 Å². The smallest absolute Gasteiger partial charge is 0.337 e. The third-order valence-electron chi connectivity index (χ3n) is 3.82. The number of ether oxygens (including phenoxy) is 1. The number of benzene rings is 1. The lowest BCUT2D eigenvalue weighted by molar-refractivity contribution is 0.0600. The Labute approximate surface area is 166 Å². The number of amides is 2. The number of carbonyl (C=O) groups is 2. The molecular weight excluding hydrogens is 408 g/mol. The van der Waals surface area contributed by atoms with Gasteiger partial charge in [-0.2, -0.15) is 4.98 Å². The highest BCUT2D eigenvalue weighted by atomic mass is 32.2. The van der Waals surface area contributed by atoms with Gasteiger partial charge in [0.25, 0.3) is 10.0 Å². The van der Waals surface area contributed by atoms with Crippen molar-refractivity contribution in [3.63, 3.8) is 0 Å². The first-order chi connectivity index (χ1) is 13.0. The second-order valence-corrected chi connectivity index (χ2v) is 9.16. The summed E-state index contributed by atoms with van der Waals surface area (Å²) >= 11 is 0.680. The van der Waals surface area contributed by atoms with Gasteiger partial charge in [0, 0.05) is 33.9 Å². The van der Waals surface area contributed by atoms with Gasteiger partial charge in [0.2, 0.25) is 10.1 Å². The third-order valence-corrected chi connectivity index (χ3v) is 7.23. The number of nitrogens with zero attached hydrogens (tertiary/aromatic N) is 4. The van der Waals surface area contributed by atoms with Crippen LogP contribution in [0, 0.1) is 0 Å². The predicted octanol–water partition coefficient (Wildman–Crippen LogP) is 1.58. The molecule has 0 radical (unpaired) electrons. The number of anilines is 2.